The molecule has 0 heterocycles. The van der Waals surface area contributed by atoms with E-state index in [1.807, 2.05) is 0 Å². The highest BCUT2D eigenvalue weighted by Crippen LogP contribution is 2.35. The fourth-order valence-corrected chi connectivity index (χ4v) is 3.10. The van der Waals surface area contributed by atoms with Gasteiger partial charge in [-0.2, -0.15) is 0 Å². The summed E-state index contributed by atoms with van der Waals surface area (Å²) in [6, 6.07) is 1.29. The molecule has 0 spiro atoms. The Morgan fingerprint density at radius 1 is 1.39 bits per heavy atom. The normalized spacial score (nSPS) is 32.3. The van der Waals surface area contributed by atoms with Gasteiger partial charge in [0, 0.05) is 37.9 Å². The van der Waals surface area contributed by atoms with Crippen molar-refractivity contribution in [3.05, 3.63) is 0 Å². The topological polar surface area (TPSA) is 44.7 Å². The standard InChI is InChI=1S/C14H28N2O2/c1-16(8-3-9-18-2)13-6-7-14(10-13,11-17)15-12-4-5-12/h12-13,15,17H,3-11H2,1-2H3. The van der Waals surface area contributed by atoms with Crippen LogP contribution >= 0.6 is 0 Å². The zero-order valence-corrected chi connectivity index (χ0v) is 11.8. The Bertz CT molecular complexity index is 258. The minimum absolute atomic E-state index is 0.00134. The maximum atomic E-state index is 9.71. The van der Waals surface area contributed by atoms with Crippen LogP contribution in [0.1, 0.15) is 38.5 Å². The third-order valence-corrected chi connectivity index (χ3v) is 4.46. The predicted octanol–water partition coefficient (Wildman–Crippen LogP) is 0.990. The highest BCUT2D eigenvalue weighted by atomic mass is 16.5. The van der Waals surface area contributed by atoms with Crippen LogP contribution in [0.3, 0.4) is 0 Å². The molecule has 0 radical (unpaired) electrons. The zero-order chi connectivity index (χ0) is 13.0. The fourth-order valence-electron chi connectivity index (χ4n) is 3.10. The summed E-state index contributed by atoms with van der Waals surface area (Å²) in [5.74, 6) is 0. The number of rotatable bonds is 8. The van der Waals surface area contributed by atoms with Gasteiger partial charge in [0.1, 0.15) is 0 Å². The van der Waals surface area contributed by atoms with E-state index in [0.717, 1.165) is 32.4 Å². The second-order valence-electron chi connectivity index (χ2n) is 6.08. The highest BCUT2D eigenvalue weighted by molar-refractivity contribution is 5.02. The third kappa shape index (κ3) is 3.67. The molecule has 2 aliphatic carbocycles. The monoisotopic (exact) mass is 256 g/mol. The van der Waals surface area contributed by atoms with Crippen LogP contribution < -0.4 is 5.32 Å². The van der Waals surface area contributed by atoms with Crippen molar-refractivity contribution in [1.82, 2.24) is 10.2 Å². The second-order valence-corrected chi connectivity index (χ2v) is 6.08. The van der Waals surface area contributed by atoms with Gasteiger partial charge in [0.05, 0.1) is 6.61 Å². The molecule has 2 saturated carbocycles. The van der Waals surface area contributed by atoms with Crippen LogP contribution in [-0.4, -0.2) is 61.5 Å². The first kappa shape index (κ1) is 14.3. The van der Waals surface area contributed by atoms with Crippen molar-refractivity contribution in [2.24, 2.45) is 0 Å². The minimum atomic E-state index is 0.00134. The molecular formula is C14H28N2O2. The quantitative estimate of drug-likeness (QED) is 0.636. The lowest BCUT2D eigenvalue weighted by atomic mass is 9.98. The van der Waals surface area contributed by atoms with Crippen LogP contribution in [0, 0.1) is 0 Å². The molecule has 0 aromatic rings. The van der Waals surface area contributed by atoms with Crippen molar-refractivity contribution in [3.63, 3.8) is 0 Å². The van der Waals surface area contributed by atoms with Crippen LogP contribution in [0.2, 0.25) is 0 Å². The van der Waals surface area contributed by atoms with E-state index in [9.17, 15) is 5.11 Å². The molecule has 0 aromatic carbocycles. The van der Waals surface area contributed by atoms with E-state index < -0.39 is 0 Å². The summed E-state index contributed by atoms with van der Waals surface area (Å²) < 4.78 is 5.10. The molecular weight excluding hydrogens is 228 g/mol. The molecule has 2 unspecified atom stereocenters. The van der Waals surface area contributed by atoms with Crippen molar-refractivity contribution in [1.29, 1.82) is 0 Å². The summed E-state index contributed by atoms with van der Waals surface area (Å²) in [5.41, 5.74) is 0.00134. The minimum Gasteiger partial charge on any atom is -0.394 e. The Labute approximate surface area is 111 Å². The van der Waals surface area contributed by atoms with Gasteiger partial charge >= 0.3 is 0 Å². The summed E-state index contributed by atoms with van der Waals surface area (Å²) in [4.78, 5) is 2.44. The summed E-state index contributed by atoms with van der Waals surface area (Å²) in [5, 5.41) is 13.4. The first-order valence-corrected chi connectivity index (χ1v) is 7.27. The fraction of sp³-hybridized carbons (Fsp3) is 1.00. The zero-order valence-electron chi connectivity index (χ0n) is 11.8. The van der Waals surface area contributed by atoms with Gasteiger partial charge in [0.2, 0.25) is 0 Å². The maximum Gasteiger partial charge on any atom is 0.0614 e. The lowest BCUT2D eigenvalue weighted by Crippen LogP contribution is -2.48. The number of aliphatic hydroxyl groups excluding tert-OH is 1. The Hall–Kier alpha value is -0.160. The predicted molar refractivity (Wildman–Crippen MR) is 72.7 cm³/mol. The van der Waals surface area contributed by atoms with Gasteiger partial charge in [-0.3, -0.25) is 0 Å². The molecule has 106 valence electrons. The number of ether oxygens (including phenoxy) is 1. The number of aliphatic hydroxyl groups is 1. The van der Waals surface area contributed by atoms with Gasteiger partial charge in [0.15, 0.2) is 0 Å². The molecule has 4 heteroatoms. The van der Waals surface area contributed by atoms with Crippen LogP contribution in [0.25, 0.3) is 0 Å². The molecule has 0 amide bonds. The van der Waals surface area contributed by atoms with Gasteiger partial charge in [-0.15, -0.1) is 0 Å². The third-order valence-electron chi connectivity index (χ3n) is 4.46. The first-order chi connectivity index (χ1) is 8.69. The summed E-state index contributed by atoms with van der Waals surface area (Å²) in [6.45, 7) is 2.21. The van der Waals surface area contributed by atoms with E-state index >= 15 is 0 Å². The molecule has 0 saturated heterocycles. The lowest BCUT2D eigenvalue weighted by molar-refractivity contribution is 0.140. The number of hydrogen-bond donors (Lipinski definition) is 2. The average Bonchev–Trinajstić information content (AvgIpc) is 3.07. The molecule has 0 aliphatic heterocycles. The molecule has 0 bridgehead atoms. The number of nitrogens with zero attached hydrogens (tertiary/aromatic N) is 1. The van der Waals surface area contributed by atoms with Crippen LogP contribution in [-0.2, 0) is 4.74 Å². The van der Waals surface area contributed by atoms with E-state index in [1.54, 1.807) is 7.11 Å². The molecule has 2 rings (SSSR count). The van der Waals surface area contributed by atoms with Gasteiger partial charge in [-0.05, 0) is 45.6 Å². The van der Waals surface area contributed by atoms with Gasteiger partial charge in [-0.25, -0.2) is 0 Å². The largest absolute Gasteiger partial charge is 0.394 e. The molecule has 0 aromatic heterocycles. The van der Waals surface area contributed by atoms with Crippen LogP contribution in [0.5, 0.6) is 0 Å². The van der Waals surface area contributed by atoms with E-state index in [1.165, 1.54) is 19.3 Å². The van der Waals surface area contributed by atoms with Crippen molar-refractivity contribution in [2.75, 3.05) is 33.9 Å². The highest BCUT2D eigenvalue weighted by Gasteiger charge is 2.42. The molecule has 2 fully saturated rings. The molecule has 4 nitrogen and oxygen atoms in total. The molecule has 18 heavy (non-hydrogen) atoms. The summed E-state index contributed by atoms with van der Waals surface area (Å²) >= 11 is 0. The smallest absolute Gasteiger partial charge is 0.0614 e. The SMILES string of the molecule is COCCCN(C)C1CCC(CO)(NC2CC2)C1. The molecule has 2 atom stereocenters. The van der Waals surface area contributed by atoms with Crippen LogP contribution in [0.15, 0.2) is 0 Å². The van der Waals surface area contributed by atoms with Gasteiger partial charge in [0.25, 0.3) is 0 Å². The number of nitrogens with one attached hydrogen (secondary N) is 1. The average molecular weight is 256 g/mol. The van der Waals surface area contributed by atoms with Gasteiger partial charge in [-0.1, -0.05) is 0 Å². The summed E-state index contributed by atoms with van der Waals surface area (Å²) in [7, 11) is 3.96. The Balaban J connectivity index is 1.77. The Kier molecular flexibility index (Phi) is 5.01. The lowest BCUT2D eigenvalue weighted by Gasteiger charge is -2.31. The molecule has 2 N–H and O–H groups in total. The van der Waals surface area contributed by atoms with E-state index in [4.69, 9.17) is 4.74 Å². The van der Waals surface area contributed by atoms with Crippen molar-refractivity contribution < 1.29 is 9.84 Å². The molecule has 2 aliphatic rings. The van der Waals surface area contributed by atoms with E-state index in [2.05, 4.69) is 17.3 Å². The van der Waals surface area contributed by atoms with E-state index in [-0.39, 0.29) is 12.1 Å². The number of hydrogen-bond acceptors (Lipinski definition) is 4. The van der Waals surface area contributed by atoms with Gasteiger partial charge < -0.3 is 20.1 Å². The number of methoxy groups -OCH3 is 1. The maximum absolute atomic E-state index is 9.71. The van der Waals surface area contributed by atoms with E-state index in [0.29, 0.717) is 12.1 Å². The Morgan fingerprint density at radius 2 is 2.17 bits per heavy atom. The van der Waals surface area contributed by atoms with Crippen molar-refractivity contribution >= 4 is 0 Å². The van der Waals surface area contributed by atoms with Crippen LogP contribution in [0.4, 0.5) is 0 Å². The Morgan fingerprint density at radius 3 is 2.78 bits per heavy atom. The second kappa shape index (κ2) is 6.33. The first-order valence-electron chi connectivity index (χ1n) is 7.27. The van der Waals surface area contributed by atoms with Crippen molar-refractivity contribution in [3.8, 4) is 0 Å². The summed E-state index contributed by atoms with van der Waals surface area (Å²) in [6.07, 6.45) is 7.06. The van der Waals surface area contributed by atoms with Crippen molar-refractivity contribution in [2.45, 2.75) is 56.1 Å².